The Morgan fingerprint density at radius 1 is 1.16 bits per heavy atom. The summed E-state index contributed by atoms with van der Waals surface area (Å²) in [5, 5.41) is 18.0. The number of rotatable bonds is 8. The Morgan fingerprint density at radius 3 is 2.21 bits per heavy atom. The van der Waals surface area contributed by atoms with E-state index in [1.54, 1.807) is 24.3 Å². The Morgan fingerprint density at radius 2 is 1.74 bits per heavy atom. The quantitative estimate of drug-likeness (QED) is 0.685. The van der Waals surface area contributed by atoms with Gasteiger partial charge in [0, 0.05) is 12.6 Å². The van der Waals surface area contributed by atoms with Crippen LogP contribution in [0, 0.1) is 0 Å². The van der Waals surface area contributed by atoms with E-state index >= 15 is 0 Å². The third-order valence-corrected chi connectivity index (χ3v) is 3.46. The normalized spacial score (nSPS) is 11.1. The minimum Gasteiger partial charge on any atom is -0.492 e. The van der Waals surface area contributed by atoms with Crippen LogP contribution in [0.15, 0.2) is 24.3 Å². The van der Waals surface area contributed by atoms with Crippen LogP contribution in [-0.2, 0) is 0 Å². The van der Waals surface area contributed by atoms with Crippen molar-refractivity contribution in [3.63, 3.8) is 0 Å². The van der Waals surface area contributed by atoms with Gasteiger partial charge in [0.2, 0.25) is 0 Å². The van der Waals surface area contributed by atoms with Gasteiger partial charge >= 0.3 is 7.12 Å². The van der Waals surface area contributed by atoms with E-state index < -0.39 is 7.12 Å². The molecule has 0 aliphatic rings. The summed E-state index contributed by atoms with van der Waals surface area (Å²) in [7, 11) is 0.696. The van der Waals surface area contributed by atoms with Crippen LogP contribution in [0.2, 0.25) is 0 Å². The molecule has 0 aliphatic heterocycles. The summed E-state index contributed by atoms with van der Waals surface area (Å²) in [4.78, 5) is 2.31. The van der Waals surface area contributed by atoms with Gasteiger partial charge in [-0.2, -0.15) is 0 Å². The zero-order valence-electron chi connectivity index (χ0n) is 12.0. The lowest BCUT2D eigenvalue weighted by atomic mass is 9.80. The standard InChI is InChI=1S/C14H24BNO3/c1-4-13(5-2)16(3)10-11-19-14-8-6-12(7-9-14)15(17)18/h6-9,13,17-18H,4-5,10-11H2,1-3H3. The average molecular weight is 265 g/mol. The van der Waals surface area contributed by atoms with Crippen LogP contribution < -0.4 is 10.2 Å². The summed E-state index contributed by atoms with van der Waals surface area (Å²) in [6, 6.07) is 7.43. The summed E-state index contributed by atoms with van der Waals surface area (Å²) in [5.41, 5.74) is 0.474. The molecule has 1 aromatic carbocycles. The maximum atomic E-state index is 8.99. The molecule has 1 rings (SSSR count). The number of likely N-dealkylation sites (N-methyl/N-ethyl adjacent to an activating group) is 1. The van der Waals surface area contributed by atoms with Gasteiger partial charge in [0.1, 0.15) is 12.4 Å². The van der Waals surface area contributed by atoms with Gasteiger partial charge in [0.25, 0.3) is 0 Å². The van der Waals surface area contributed by atoms with E-state index in [4.69, 9.17) is 14.8 Å². The lowest BCUT2D eigenvalue weighted by Crippen LogP contribution is -2.34. The van der Waals surface area contributed by atoms with Crippen LogP contribution >= 0.6 is 0 Å². The fourth-order valence-electron chi connectivity index (χ4n) is 2.14. The molecule has 0 unspecified atom stereocenters. The first-order valence-corrected chi connectivity index (χ1v) is 6.87. The van der Waals surface area contributed by atoms with Gasteiger partial charge in [-0.1, -0.05) is 26.0 Å². The molecule has 0 saturated carbocycles. The highest BCUT2D eigenvalue weighted by Gasteiger charge is 2.11. The topological polar surface area (TPSA) is 52.9 Å². The molecular formula is C14H24BNO3. The van der Waals surface area contributed by atoms with E-state index in [1.807, 2.05) is 0 Å². The zero-order chi connectivity index (χ0) is 14.3. The van der Waals surface area contributed by atoms with E-state index in [9.17, 15) is 0 Å². The van der Waals surface area contributed by atoms with Crippen LogP contribution in [0.5, 0.6) is 5.75 Å². The van der Waals surface area contributed by atoms with Gasteiger partial charge in [0.05, 0.1) is 0 Å². The van der Waals surface area contributed by atoms with Crippen LogP contribution in [-0.4, -0.2) is 48.3 Å². The van der Waals surface area contributed by atoms with Crippen molar-refractivity contribution in [2.75, 3.05) is 20.2 Å². The molecule has 0 atom stereocenters. The Hall–Kier alpha value is -1.04. The highest BCUT2D eigenvalue weighted by atomic mass is 16.5. The van der Waals surface area contributed by atoms with E-state index in [-0.39, 0.29) is 0 Å². The van der Waals surface area contributed by atoms with E-state index in [1.165, 1.54) is 0 Å². The maximum absolute atomic E-state index is 8.99. The molecule has 0 heterocycles. The number of ether oxygens (including phenoxy) is 1. The molecule has 19 heavy (non-hydrogen) atoms. The summed E-state index contributed by atoms with van der Waals surface area (Å²) >= 11 is 0. The van der Waals surface area contributed by atoms with Crippen molar-refractivity contribution < 1.29 is 14.8 Å². The summed E-state index contributed by atoms with van der Waals surface area (Å²) in [6.45, 7) is 5.92. The van der Waals surface area contributed by atoms with Gasteiger partial charge in [-0.05, 0) is 37.5 Å². The molecule has 0 aromatic heterocycles. The third kappa shape index (κ3) is 5.23. The fraction of sp³-hybridized carbons (Fsp3) is 0.571. The molecule has 2 N–H and O–H groups in total. The van der Waals surface area contributed by atoms with Crippen molar-refractivity contribution in [3.05, 3.63) is 24.3 Å². The van der Waals surface area contributed by atoms with Gasteiger partial charge in [-0.15, -0.1) is 0 Å². The third-order valence-electron chi connectivity index (χ3n) is 3.46. The van der Waals surface area contributed by atoms with E-state index in [2.05, 4.69) is 25.8 Å². The minimum atomic E-state index is -1.42. The zero-order valence-corrected chi connectivity index (χ0v) is 12.0. The Balaban J connectivity index is 2.36. The lowest BCUT2D eigenvalue weighted by Gasteiger charge is -2.25. The van der Waals surface area contributed by atoms with Gasteiger partial charge < -0.3 is 19.7 Å². The van der Waals surface area contributed by atoms with Gasteiger partial charge in [-0.25, -0.2) is 0 Å². The highest BCUT2D eigenvalue weighted by Crippen LogP contribution is 2.09. The Kier molecular flexibility index (Phi) is 6.91. The number of hydrogen-bond donors (Lipinski definition) is 2. The van der Waals surface area contributed by atoms with Gasteiger partial charge in [-0.3, -0.25) is 0 Å². The molecule has 0 spiro atoms. The summed E-state index contributed by atoms with van der Waals surface area (Å²) < 4.78 is 5.65. The second kappa shape index (κ2) is 8.20. The van der Waals surface area contributed by atoms with Crippen molar-refractivity contribution in [1.29, 1.82) is 0 Å². The van der Waals surface area contributed by atoms with Crippen LogP contribution in [0.3, 0.4) is 0 Å². The Bertz CT molecular complexity index is 352. The molecular weight excluding hydrogens is 241 g/mol. The molecule has 1 aromatic rings. The smallest absolute Gasteiger partial charge is 0.488 e. The second-order valence-corrected chi connectivity index (χ2v) is 4.74. The molecule has 0 radical (unpaired) electrons. The first-order chi connectivity index (χ1) is 9.08. The average Bonchev–Trinajstić information content (AvgIpc) is 2.40. The first kappa shape index (κ1) is 16.0. The molecule has 0 aliphatic carbocycles. The van der Waals surface area contributed by atoms with Crippen LogP contribution in [0.4, 0.5) is 0 Å². The fourth-order valence-corrected chi connectivity index (χ4v) is 2.14. The molecule has 4 nitrogen and oxygen atoms in total. The largest absolute Gasteiger partial charge is 0.492 e. The molecule has 106 valence electrons. The van der Waals surface area contributed by atoms with Crippen LogP contribution in [0.25, 0.3) is 0 Å². The molecule has 5 heteroatoms. The summed E-state index contributed by atoms with van der Waals surface area (Å²) in [6.07, 6.45) is 2.30. The van der Waals surface area contributed by atoms with Crippen LogP contribution in [0.1, 0.15) is 26.7 Å². The van der Waals surface area contributed by atoms with E-state index in [0.717, 1.165) is 25.1 Å². The molecule has 0 bridgehead atoms. The van der Waals surface area contributed by atoms with Crippen molar-refractivity contribution in [2.24, 2.45) is 0 Å². The second-order valence-electron chi connectivity index (χ2n) is 4.74. The molecule has 0 fully saturated rings. The Labute approximate surface area is 116 Å². The predicted molar refractivity (Wildman–Crippen MR) is 78.8 cm³/mol. The number of nitrogens with zero attached hydrogens (tertiary/aromatic N) is 1. The summed E-state index contributed by atoms with van der Waals surface area (Å²) in [5.74, 6) is 0.752. The van der Waals surface area contributed by atoms with Gasteiger partial charge in [0.15, 0.2) is 0 Å². The van der Waals surface area contributed by atoms with E-state index in [0.29, 0.717) is 18.1 Å². The number of benzene rings is 1. The minimum absolute atomic E-state index is 0.474. The predicted octanol–water partition coefficient (Wildman–Crippen LogP) is 0.866. The SMILES string of the molecule is CCC(CC)N(C)CCOc1ccc(B(O)O)cc1. The highest BCUT2D eigenvalue weighted by molar-refractivity contribution is 6.58. The van der Waals surface area contributed by atoms with Crippen molar-refractivity contribution >= 4 is 12.6 Å². The first-order valence-electron chi connectivity index (χ1n) is 6.87. The van der Waals surface area contributed by atoms with Crippen molar-refractivity contribution in [2.45, 2.75) is 32.7 Å². The maximum Gasteiger partial charge on any atom is 0.488 e. The molecule has 0 amide bonds. The van der Waals surface area contributed by atoms with Crippen molar-refractivity contribution in [1.82, 2.24) is 4.90 Å². The number of hydrogen-bond acceptors (Lipinski definition) is 4. The lowest BCUT2D eigenvalue weighted by molar-refractivity contribution is 0.183. The molecule has 0 saturated heterocycles. The van der Waals surface area contributed by atoms with Crippen molar-refractivity contribution in [3.8, 4) is 5.75 Å². The monoisotopic (exact) mass is 265 g/mol.